The van der Waals surface area contributed by atoms with Gasteiger partial charge in [-0.25, -0.2) is 0 Å². The number of hydrogen-bond donors (Lipinski definition) is 1. The second kappa shape index (κ2) is 6.44. The summed E-state index contributed by atoms with van der Waals surface area (Å²) in [5.74, 6) is 1.33. The molecule has 0 fully saturated rings. The van der Waals surface area contributed by atoms with E-state index in [-0.39, 0.29) is 0 Å². The van der Waals surface area contributed by atoms with E-state index >= 15 is 0 Å². The molecule has 0 saturated carbocycles. The quantitative estimate of drug-likeness (QED) is 0.821. The van der Waals surface area contributed by atoms with Crippen LogP contribution in [0.2, 0.25) is 0 Å². The summed E-state index contributed by atoms with van der Waals surface area (Å²) in [5.41, 5.74) is 4.58. The number of rotatable bonds is 6. The molecule has 3 unspecified atom stereocenters. The number of benzene rings is 2. The number of hydrogen-bond acceptors (Lipinski definition) is 1. The van der Waals surface area contributed by atoms with Crippen LogP contribution in [0.3, 0.4) is 0 Å². The zero-order chi connectivity index (χ0) is 14.7. The molecule has 1 aliphatic carbocycles. The third kappa shape index (κ3) is 2.89. The van der Waals surface area contributed by atoms with Crippen molar-refractivity contribution >= 4 is 0 Å². The van der Waals surface area contributed by atoms with Crippen molar-refractivity contribution < 1.29 is 0 Å². The second-order valence-corrected chi connectivity index (χ2v) is 6.16. The van der Waals surface area contributed by atoms with Gasteiger partial charge >= 0.3 is 0 Å². The summed E-state index contributed by atoms with van der Waals surface area (Å²) in [4.78, 5) is 0. The Morgan fingerprint density at radius 1 is 1.05 bits per heavy atom. The Hall–Kier alpha value is -1.60. The fourth-order valence-electron chi connectivity index (χ4n) is 3.82. The highest BCUT2D eigenvalue weighted by Gasteiger charge is 2.30. The Morgan fingerprint density at radius 3 is 2.43 bits per heavy atom. The van der Waals surface area contributed by atoms with Gasteiger partial charge in [0.15, 0.2) is 0 Å². The minimum absolute atomic E-state index is 0.552. The van der Waals surface area contributed by atoms with Crippen molar-refractivity contribution in [3.63, 3.8) is 0 Å². The van der Waals surface area contributed by atoms with E-state index in [4.69, 9.17) is 0 Å². The zero-order valence-electron chi connectivity index (χ0n) is 13.0. The summed E-state index contributed by atoms with van der Waals surface area (Å²) >= 11 is 0. The maximum Gasteiger partial charge on any atom is 0.0139 e. The lowest BCUT2D eigenvalue weighted by Crippen LogP contribution is -2.35. The molecule has 1 N–H and O–H groups in total. The molecule has 2 aromatic carbocycles. The molecule has 3 atom stereocenters. The van der Waals surface area contributed by atoms with Crippen molar-refractivity contribution in [1.82, 2.24) is 5.32 Å². The molecular weight excluding hydrogens is 254 g/mol. The van der Waals surface area contributed by atoms with E-state index in [2.05, 4.69) is 73.9 Å². The lowest BCUT2D eigenvalue weighted by molar-refractivity contribution is 0.378. The van der Waals surface area contributed by atoms with E-state index in [1.54, 1.807) is 11.1 Å². The third-order valence-electron chi connectivity index (χ3n) is 5.02. The predicted octanol–water partition coefficient (Wildman–Crippen LogP) is 4.50. The molecule has 0 spiro atoms. The third-order valence-corrected chi connectivity index (χ3v) is 5.02. The Labute approximate surface area is 128 Å². The first-order chi connectivity index (χ1) is 10.3. The SMILES string of the molecule is CCC(c1ccccc1)C(CC1Cc2ccccc21)NC. The first-order valence-corrected chi connectivity index (χ1v) is 8.13. The van der Waals surface area contributed by atoms with Gasteiger partial charge in [-0.2, -0.15) is 0 Å². The predicted molar refractivity (Wildman–Crippen MR) is 89.8 cm³/mol. The van der Waals surface area contributed by atoms with Crippen LogP contribution in [-0.2, 0) is 6.42 Å². The van der Waals surface area contributed by atoms with Crippen LogP contribution in [0.5, 0.6) is 0 Å². The highest BCUT2D eigenvalue weighted by atomic mass is 14.9. The fraction of sp³-hybridized carbons (Fsp3) is 0.400. The number of likely N-dealkylation sites (N-methyl/N-ethyl adjacent to an activating group) is 1. The summed E-state index contributed by atoms with van der Waals surface area (Å²) in [6.45, 7) is 2.30. The minimum Gasteiger partial charge on any atom is -0.316 e. The lowest BCUT2D eigenvalue weighted by Gasteiger charge is -2.36. The molecule has 0 heterocycles. The Balaban J connectivity index is 1.73. The smallest absolute Gasteiger partial charge is 0.0139 e. The average molecular weight is 279 g/mol. The Kier molecular flexibility index (Phi) is 4.40. The molecule has 0 radical (unpaired) electrons. The van der Waals surface area contributed by atoms with Crippen LogP contribution in [0, 0.1) is 0 Å². The minimum atomic E-state index is 0.552. The number of fused-ring (bicyclic) bond motifs is 1. The van der Waals surface area contributed by atoms with Crippen LogP contribution in [0.4, 0.5) is 0 Å². The molecule has 0 amide bonds. The molecule has 0 aliphatic heterocycles. The van der Waals surface area contributed by atoms with E-state index in [1.807, 2.05) is 0 Å². The van der Waals surface area contributed by atoms with Gasteiger partial charge in [0.25, 0.3) is 0 Å². The second-order valence-electron chi connectivity index (χ2n) is 6.16. The van der Waals surface area contributed by atoms with Crippen molar-refractivity contribution in [3.05, 3.63) is 71.3 Å². The van der Waals surface area contributed by atoms with Gasteiger partial charge in [0.1, 0.15) is 0 Å². The van der Waals surface area contributed by atoms with Crippen LogP contribution >= 0.6 is 0 Å². The maximum atomic E-state index is 3.58. The van der Waals surface area contributed by atoms with Crippen molar-refractivity contribution in [2.24, 2.45) is 0 Å². The lowest BCUT2D eigenvalue weighted by atomic mass is 9.72. The summed E-state index contributed by atoms with van der Waals surface area (Å²) in [6, 6.07) is 20.4. The molecule has 0 bridgehead atoms. The molecule has 1 heteroatoms. The van der Waals surface area contributed by atoms with Gasteiger partial charge in [-0.15, -0.1) is 0 Å². The van der Waals surface area contributed by atoms with E-state index < -0.39 is 0 Å². The molecule has 1 nitrogen and oxygen atoms in total. The highest BCUT2D eigenvalue weighted by Crippen LogP contribution is 2.40. The van der Waals surface area contributed by atoms with E-state index in [1.165, 1.54) is 24.8 Å². The van der Waals surface area contributed by atoms with Crippen molar-refractivity contribution in [2.45, 2.75) is 44.1 Å². The molecule has 3 rings (SSSR count). The van der Waals surface area contributed by atoms with Crippen LogP contribution < -0.4 is 5.32 Å². The topological polar surface area (TPSA) is 12.0 Å². The van der Waals surface area contributed by atoms with Gasteiger partial charge in [-0.05, 0) is 54.8 Å². The molecule has 0 saturated heterocycles. The Bertz CT molecular complexity index is 575. The average Bonchev–Trinajstić information content (AvgIpc) is 2.52. The van der Waals surface area contributed by atoms with Crippen LogP contribution in [0.25, 0.3) is 0 Å². The largest absolute Gasteiger partial charge is 0.316 e. The molecule has 21 heavy (non-hydrogen) atoms. The van der Waals surface area contributed by atoms with Gasteiger partial charge in [0.05, 0.1) is 0 Å². The van der Waals surface area contributed by atoms with E-state index in [0.29, 0.717) is 12.0 Å². The molecule has 110 valence electrons. The van der Waals surface area contributed by atoms with Crippen LogP contribution in [-0.4, -0.2) is 13.1 Å². The molecule has 0 aromatic heterocycles. The summed E-state index contributed by atoms with van der Waals surface area (Å²) in [7, 11) is 2.11. The Morgan fingerprint density at radius 2 is 1.76 bits per heavy atom. The molecule has 2 aromatic rings. The summed E-state index contributed by atoms with van der Waals surface area (Å²) < 4.78 is 0. The van der Waals surface area contributed by atoms with E-state index in [9.17, 15) is 0 Å². The monoisotopic (exact) mass is 279 g/mol. The fourth-order valence-corrected chi connectivity index (χ4v) is 3.82. The van der Waals surface area contributed by atoms with Crippen LogP contribution in [0.1, 0.15) is 48.3 Å². The number of nitrogens with one attached hydrogen (secondary N) is 1. The van der Waals surface area contributed by atoms with Gasteiger partial charge < -0.3 is 5.32 Å². The molecular formula is C20H25N. The standard InChI is InChI=1S/C20H25N/c1-3-18(15-9-5-4-6-10-15)20(21-2)14-17-13-16-11-7-8-12-19(16)17/h4-12,17-18,20-21H,3,13-14H2,1-2H3. The van der Waals surface area contributed by atoms with Gasteiger partial charge in [-0.1, -0.05) is 61.5 Å². The van der Waals surface area contributed by atoms with Crippen molar-refractivity contribution in [2.75, 3.05) is 7.05 Å². The van der Waals surface area contributed by atoms with Gasteiger partial charge in [-0.3, -0.25) is 0 Å². The summed E-state index contributed by atoms with van der Waals surface area (Å²) in [5, 5.41) is 3.58. The zero-order valence-corrected chi connectivity index (χ0v) is 13.0. The first-order valence-electron chi connectivity index (χ1n) is 8.13. The van der Waals surface area contributed by atoms with Gasteiger partial charge in [0, 0.05) is 6.04 Å². The maximum absolute atomic E-state index is 3.58. The molecule has 1 aliphatic rings. The highest BCUT2D eigenvalue weighted by molar-refractivity contribution is 5.40. The van der Waals surface area contributed by atoms with Crippen molar-refractivity contribution in [3.8, 4) is 0 Å². The van der Waals surface area contributed by atoms with E-state index in [0.717, 1.165) is 5.92 Å². The first kappa shape index (κ1) is 14.3. The normalized spacial score (nSPS) is 19.4. The van der Waals surface area contributed by atoms with Crippen molar-refractivity contribution in [1.29, 1.82) is 0 Å². The summed E-state index contributed by atoms with van der Waals surface area (Å²) in [6.07, 6.45) is 3.67. The van der Waals surface area contributed by atoms with Gasteiger partial charge in [0.2, 0.25) is 0 Å². The van der Waals surface area contributed by atoms with Crippen LogP contribution in [0.15, 0.2) is 54.6 Å².